The number of carbonyl (C=O) groups excluding carboxylic acids is 2. The second-order valence-corrected chi connectivity index (χ2v) is 7.10. The van der Waals surface area contributed by atoms with E-state index in [2.05, 4.69) is 13.2 Å². The Morgan fingerprint density at radius 2 is 2.00 bits per heavy atom. The summed E-state index contributed by atoms with van der Waals surface area (Å²) in [6.45, 7) is 8.82. The summed E-state index contributed by atoms with van der Waals surface area (Å²) >= 11 is 1.57. The molecule has 3 saturated heterocycles. The molecule has 120 valence electrons. The fraction of sp³-hybridized carbons (Fsp3) is 0.600. The predicted molar refractivity (Wildman–Crippen MR) is 78.9 cm³/mol. The molecule has 6 atom stereocenters. The van der Waals surface area contributed by atoms with Gasteiger partial charge in [0.15, 0.2) is 0 Å². The Morgan fingerprint density at radius 1 is 1.32 bits per heavy atom. The van der Waals surface area contributed by atoms with Gasteiger partial charge in [0.2, 0.25) is 0 Å². The first-order valence-electron chi connectivity index (χ1n) is 7.10. The van der Waals surface area contributed by atoms with E-state index in [4.69, 9.17) is 14.2 Å². The minimum absolute atomic E-state index is 0.0152. The van der Waals surface area contributed by atoms with E-state index in [1.807, 2.05) is 0 Å². The van der Waals surface area contributed by atoms with Crippen LogP contribution in [0.4, 0.5) is 0 Å². The maximum atomic E-state index is 12.3. The fourth-order valence-corrected chi connectivity index (χ4v) is 5.26. The van der Waals surface area contributed by atoms with Crippen molar-refractivity contribution in [2.45, 2.75) is 29.6 Å². The molecule has 0 spiro atoms. The quantitative estimate of drug-likeness (QED) is 0.451. The Kier molecular flexibility index (Phi) is 3.94. The number of esters is 2. The van der Waals surface area contributed by atoms with Crippen molar-refractivity contribution in [3.8, 4) is 0 Å². The normalized spacial score (nSPS) is 37.8. The molecule has 3 rings (SSSR count). The first-order chi connectivity index (χ1) is 10.4. The topological polar surface area (TPSA) is 82.1 Å². The number of aliphatic hydroxyl groups excluding tert-OH is 1. The lowest BCUT2D eigenvalue weighted by Crippen LogP contribution is -2.45. The lowest BCUT2D eigenvalue weighted by Gasteiger charge is -2.26. The Labute approximate surface area is 132 Å². The van der Waals surface area contributed by atoms with Crippen molar-refractivity contribution in [3.05, 3.63) is 24.5 Å². The largest absolute Gasteiger partial charge is 0.491 e. The summed E-state index contributed by atoms with van der Waals surface area (Å²) in [5.74, 6) is -0.915. The molecule has 3 fully saturated rings. The number of hydrogen-bond donors (Lipinski definition) is 1. The number of fused-ring (bicyclic) bond motifs is 1. The fourth-order valence-electron chi connectivity index (χ4n) is 3.27. The Morgan fingerprint density at radius 3 is 2.68 bits per heavy atom. The van der Waals surface area contributed by atoms with Gasteiger partial charge in [-0.15, -0.1) is 11.8 Å². The summed E-state index contributed by atoms with van der Waals surface area (Å²) in [4.78, 5) is 23.5. The van der Waals surface area contributed by atoms with E-state index in [1.165, 1.54) is 0 Å². The lowest BCUT2D eigenvalue weighted by molar-refractivity contribution is -0.155. The second kappa shape index (κ2) is 5.62. The third-order valence-electron chi connectivity index (χ3n) is 4.25. The monoisotopic (exact) mass is 326 g/mol. The van der Waals surface area contributed by atoms with Gasteiger partial charge in [-0.3, -0.25) is 4.79 Å². The first-order valence-corrected chi connectivity index (χ1v) is 8.04. The van der Waals surface area contributed by atoms with Gasteiger partial charge in [0.05, 0.1) is 16.9 Å². The van der Waals surface area contributed by atoms with Crippen LogP contribution in [0.25, 0.3) is 0 Å². The highest BCUT2D eigenvalue weighted by Gasteiger charge is 2.67. The van der Waals surface area contributed by atoms with Crippen LogP contribution >= 0.6 is 11.8 Å². The third-order valence-corrected chi connectivity index (χ3v) is 6.01. The van der Waals surface area contributed by atoms with Crippen LogP contribution in [-0.4, -0.2) is 53.0 Å². The van der Waals surface area contributed by atoms with Crippen LogP contribution in [0.3, 0.4) is 0 Å². The summed E-state index contributed by atoms with van der Waals surface area (Å²) in [6, 6.07) is 0. The number of ether oxygens (including phenoxy) is 3. The van der Waals surface area contributed by atoms with Gasteiger partial charge in [-0.1, -0.05) is 13.2 Å². The molecule has 6 unspecified atom stereocenters. The van der Waals surface area contributed by atoms with Crippen LogP contribution in [0.1, 0.15) is 6.92 Å². The molecule has 0 radical (unpaired) electrons. The smallest absolute Gasteiger partial charge is 0.333 e. The van der Waals surface area contributed by atoms with Crippen LogP contribution in [0.5, 0.6) is 0 Å². The predicted octanol–water partition coefficient (Wildman–Crippen LogP) is 0.652. The molecule has 0 aromatic rings. The van der Waals surface area contributed by atoms with Crippen molar-refractivity contribution in [2.75, 3.05) is 13.2 Å². The van der Waals surface area contributed by atoms with E-state index in [1.54, 1.807) is 18.7 Å². The molecule has 0 aliphatic carbocycles. The van der Waals surface area contributed by atoms with Crippen molar-refractivity contribution in [1.29, 1.82) is 0 Å². The summed E-state index contributed by atoms with van der Waals surface area (Å²) in [6.07, 6.45) is -0.933. The first kappa shape index (κ1) is 15.4. The number of allylic oxidation sites excluding steroid dienone is 1. The number of thioether (sulfide) groups is 1. The molecule has 0 saturated carbocycles. The van der Waals surface area contributed by atoms with Gasteiger partial charge in [-0.25, -0.2) is 4.79 Å². The van der Waals surface area contributed by atoms with Crippen molar-refractivity contribution in [3.63, 3.8) is 0 Å². The van der Waals surface area contributed by atoms with Crippen LogP contribution in [0, 0.1) is 11.8 Å². The summed E-state index contributed by atoms with van der Waals surface area (Å²) in [5.41, 5.74) is 0.296. The van der Waals surface area contributed by atoms with Gasteiger partial charge in [-0.2, -0.15) is 0 Å². The highest BCUT2D eigenvalue weighted by Crippen LogP contribution is 2.60. The Hall–Kier alpha value is -1.47. The van der Waals surface area contributed by atoms with Crippen LogP contribution < -0.4 is 0 Å². The van der Waals surface area contributed by atoms with Crippen molar-refractivity contribution in [1.82, 2.24) is 0 Å². The Balaban J connectivity index is 1.54. The summed E-state index contributed by atoms with van der Waals surface area (Å²) < 4.78 is 15.6. The molecule has 0 aromatic heterocycles. The number of rotatable bonds is 5. The van der Waals surface area contributed by atoms with Crippen LogP contribution in [0.2, 0.25) is 0 Å². The van der Waals surface area contributed by atoms with Gasteiger partial charge in [0.25, 0.3) is 0 Å². The average molecular weight is 326 g/mol. The highest BCUT2D eigenvalue weighted by molar-refractivity contribution is 8.01. The standard InChI is InChI=1S/C15H18O6S/c1-6(2)14(17)19-4-5-20-15(18)9-8-7(3)21-11-10(16)12(9)22-13(8)11/h8-13,16H,1,3-5H2,2H3. The van der Waals surface area contributed by atoms with E-state index >= 15 is 0 Å². The molecule has 22 heavy (non-hydrogen) atoms. The molecule has 1 N–H and O–H groups in total. The molecule has 7 heteroatoms. The zero-order valence-electron chi connectivity index (χ0n) is 12.2. The minimum atomic E-state index is -0.677. The molecule has 2 bridgehead atoms. The second-order valence-electron chi connectivity index (χ2n) is 5.74. The van der Waals surface area contributed by atoms with Crippen molar-refractivity contribution in [2.24, 2.45) is 11.8 Å². The average Bonchev–Trinajstić information content (AvgIpc) is 3.07. The maximum absolute atomic E-state index is 12.3. The van der Waals surface area contributed by atoms with E-state index in [0.29, 0.717) is 11.3 Å². The molecule has 0 amide bonds. The van der Waals surface area contributed by atoms with E-state index in [-0.39, 0.29) is 35.7 Å². The van der Waals surface area contributed by atoms with Crippen LogP contribution in [-0.2, 0) is 23.8 Å². The number of carbonyl (C=O) groups is 2. The maximum Gasteiger partial charge on any atom is 0.333 e. The molecule has 0 aromatic carbocycles. The van der Waals surface area contributed by atoms with Gasteiger partial charge in [-0.05, 0) is 6.92 Å². The number of aliphatic hydroxyl groups is 1. The minimum Gasteiger partial charge on any atom is -0.491 e. The molecule has 3 heterocycles. The van der Waals surface area contributed by atoms with Gasteiger partial charge < -0.3 is 19.3 Å². The van der Waals surface area contributed by atoms with Gasteiger partial charge in [0.1, 0.15) is 25.4 Å². The van der Waals surface area contributed by atoms with E-state index in [9.17, 15) is 14.7 Å². The molecule has 3 aliphatic rings. The summed E-state index contributed by atoms with van der Waals surface area (Å²) in [5, 5.41) is 10.0. The van der Waals surface area contributed by atoms with E-state index in [0.717, 1.165) is 0 Å². The number of hydrogen-bond acceptors (Lipinski definition) is 7. The summed E-state index contributed by atoms with van der Waals surface area (Å²) in [7, 11) is 0. The van der Waals surface area contributed by atoms with Gasteiger partial charge in [0, 0.05) is 16.7 Å². The SMILES string of the molecule is C=C(C)C(=O)OCCOC(=O)C1C2SC3C(OC(=C)C31)C2O. The zero-order chi connectivity index (χ0) is 16.0. The van der Waals surface area contributed by atoms with Crippen molar-refractivity contribution < 1.29 is 28.9 Å². The molecule has 6 nitrogen and oxygen atoms in total. The molecular formula is C15H18O6S. The molecule has 3 aliphatic heterocycles. The van der Waals surface area contributed by atoms with Crippen molar-refractivity contribution >= 4 is 23.7 Å². The Bertz CT molecular complexity index is 544. The molecular weight excluding hydrogens is 308 g/mol. The van der Waals surface area contributed by atoms with E-state index < -0.39 is 24.0 Å². The lowest BCUT2D eigenvalue weighted by atomic mass is 9.78. The highest BCUT2D eigenvalue weighted by atomic mass is 32.2. The third kappa shape index (κ3) is 2.32. The van der Waals surface area contributed by atoms with Gasteiger partial charge >= 0.3 is 11.9 Å². The van der Waals surface area contributed by atoms with Crippen LogP contribution in [0.15, 0.2) is 24.5 Å². The zero-order valence-corrected chi connectivity index (χ0v) is 13.0.